The fourth-order valence-corrected chi connectivity index (χ4v) is 1.87. The third kappa shape index (κ3) is 7.80. The molecule has 1 rings (SSSR count). The number of nitrogens with one attached hydrogen (secondary N) is 1. The van der Waals surface area contributed by atoms with Crippen molar-refractivity contribution < 1.29 is 9.90 Å². The molecule has 0 amide bonds. The van der Waals surface area contributed by atoms with Crippen LogP contribution < -0.4 is 5.32 Å². The molecule has 95 valence electrons. The Hall–Kier alpha value is 0.455. The minimum absolute atomic E-state index is 0. The predicted octanol–water partition coefficient (Wildman–Crippen LogP) is 2.25. The Morgan fingerprint density at radius 3 is 2.39 bits per heavy atom. The van der Waals surface area contributed by atoms with E-state index in [1.807, 2.05) is 30.3 Å². The van der Waals surface area contributed by atoms with Crippen LogP contribution in [0.5, 0.6) is 0 Å². The fraction of sp³-hybridized carbons (Fsp3) is 0.500. The van der Waals surface area contributed by atoms with Crippen molar-refractivity contribution in [2.45, 2.75) is 38.6 Å². The van der Waals surface area contributed by atoms with Crippen LogP contribution in [0.25, 0.3) is 0 Å². The zero-order chi connectivity index (χ0) is 12.7. The molecular weight excluding hydrogens is 300 g/mol. The van der Waals surface area contributed by atoms with Crippen molar-refractivity contribution >= 4 is 64.2 Å². The number of carboxylic acid groups (broad SMARTS) is 1. The van der Waals surface area contributed by atoms with Gasteiger partial charge in [0.05, 0.1) is 6.42 Å². The largest absolute Gasteiger partial charge is 0.481 e. The summed E-state index contributed by atoms with van der Waals surface area (Å²) >= 11 is 0. The van der Waals surface area contributed by atoms with Gasteiger partial charge in [-0.15, -0.1) is 0 Å². The first-order valence-corrected chi connectivity index (χ1v) is 6.09. The quantitative estimate of drug-likeness (QED) is 0.810. The topological polar surface area (TPSA) is 49.3 Å². The number of hydrogen-bond donors (Lipinski definition) is 2. The molecule has 0 bridgehead atoms. The predicted molar refractivity (Wildman–Crippen MR) is 74.9 cm³/mol. The molecule has 0 saturated heterocycles. The van der Waals surface area contributed by atoms with E-state index in [1.165, 1.54) is 0 Å². The molecule has 1 aromatic rings. The van der Waals surface area contributed by atoms with E-state index in [0.29, 0.717) is 6.04 Å². The van der Waals surface area contributed by atoms with E-state index in [1.54, 1.807) is 0 Å². The maximum Gasteiger partial charge on any atom is 0.303 e. The van der Waals surface area contributed by atoms with Gasteiger partial charge in [0.25, 0.3) is 0 Å². The summed E-state index contributed by atoms with van der Waals surface area (Å²) in [7, 11) is 0. The molecule has 1 aromatic carbocycles. The molecule has 0 fully saturated rings. The molecule has 0 aliphatic heterocycles. The Morgan fingerprint density at radius 1 is 1.28 bits per heavy atom. The van der Waals surface area contributed by atoms with E-state index < -0.39 is 5.97 Å². The third-order valence-corrected chi connectivity index (χ3v) is 2.74. The van der Waals surface area contributed by atoms with Gasteiger partial charge in [-0.25, -0.2) is 0 Å². The summed E-state index contributed by atoms with van der Waals surface area (Å²) in [4.78, 5) is 10.9. The first kappa shape index (κ1) is 18.5. The molecule has 0 spiro atoms. The van der Waals surface area contributed by atoms with E-state index in [-0.39, 0.29) is 70.5 Å². The van der Waals surface area contributed by atoms with Gasteiger partial charge in [-0.2, -0.15) is 0 Å². The molecular formula is C14H21NO2Rb. The summed E-state index contributed by atoms with van der Waals surface area (Å²) in [5.74, 6) is -0.636. The molecule has 1 radical (unpaired) electrons. The van der Waals surface area contributed by atoms with Gasteiger partial charge in [0.15, 0.2) is 0 Å². The summed E-state index contributed by atoms with van der Waals surface area (Å²) in [5.41, 5.74) is 1.11. The first-order valence-electron chi connectivity index (χ1n) is 6.09. The SMILES string of the molecule is CC(C)NCCC(CC(=O)O)c1ccccc1.[Rb]. The molecule has 3 nitrogen and oxygen atoms in total. The third-order valence-electron chi connectivity index (χ3n) is 2.74. The molecule has 0 aliphatic rings. The molecule has 18 heavy (non-hydrogen) atoms. The molecule has 2 N–H and O–H groups in total. The normalized spacial score (nSPS) is 11.9. The number of carboxylic acids is 1. The van der Waals surface area contributed by atoms with Crippen molar-refractivity contribution in [3.8, 4) is 0 Å². The number of hydrogen-bond acceptors (Lipinski definition) is 2. The average Bonchev–Trinajstić information content (AvgIpc) is 2.28. The van der Waals surface area contributed by atoms with E-state index in [9.17, 15) is 4.79 Å². The van der Waals surface area contributed by atoms with Gasteiger partial charge >= 0.3 is 5.97 Å². The summed E-state index contributed by atoms with van der Waals surface area (Å²) in [5, 5.41) is 12.3. The zero-order valence-corrected chi connectivity index (χ0v) is 16.4. The van der Waals surface area contributed by atoms with E-state index in [0.717, 1.165) is 18.5 Å². The second kappa shape index (κ2) is 10.3. The van der Waals surface area contributed by atoms with Crippen molar-refractivity contribution in [3.63, 3.8) is 0 Å². The second-order valence-corrected chi connectivity index (χ2v) is 4.60. The Labute approximate surface area is 158 Å². The minimum atomic E-state index is -0.733. The Balaban J connectivity index is 0.00000289. The summed E-state index contributed by atoms with van der Waals surface area (Å²) in [6, 6.07) is 10.3. The minimum Gasteiger partial charge on any atom is -0.481 e. The maximum atomic E-state index is 10.9. The van der Waals surface area contributed by atoms with Crippen LogP contribution in [-0.2, 0) is 4.79 Å². The van der Waals surface area contributed by atoms with Crippen LogP contribution in [0.1, 0.15) is 38.2 Å². The number of benzene rings is 1. The van der Waals surface area contributed by atoms with Crippen molar-refractivity contribution in [1.82, 2.24) is 5.32 Å². The Bertz CT molecular complexity index is 341. The van der Waals surface area contributed by atoms with Gasteiger partial charge in [-0.05, 0) is 24.4 Å². The van der Waals surface area contributed by atoms with Crippen molar-refractivity contribution in [2.24, 2.45) is 0 Å². The van der Waals surface area contributed by atoms with E-state index in [4.69, 9.17) is 5.11 Å². The van der Waals surface area contributed by atoms with Gasteiger partial charge < -0.3 is 10.4 Å². The summed E-state index contributed by atoms with van der Waals surface area (Å²) < 4.78 is 0. The van der Waals surface area contributed by atoms with Gasteiger partial charge in [-0.1, -0.05) is 44.2 Å². The molecule has 0 aliphatic carbocycles. The van der Waals surface area contributed by atoms with Crippen LogP contribution in [0.4, 0.5) is 0 Å². The van der Waals surface area contributed by atoms with Gasteiger partial charge in [0.1, 0.15) is 0 Å². The summed E-state index contributed by atoms with van der Waals surface area (Å²) in [6.45, 7) is 5.04. The fourth-order valence-electron chi connectivity index (χ4n) is 1.87. The van der Waals surface area contributed by atoms with Crippen LogP contribution >= 0.6 is 0 Å². The maximum absolute atomic E-state index is 10.9. The zero-order valence-electron chi connectivity index (χ0n) is 11.5. The molecule has 4 heteroatoms. The van der Waals surface area contributed by atoms with Crippen molar-refractivity contribution in [1.29, 1.82) is 0 Å². The van der Waals surface area contributed by atoms with E-state index >= 15 is 0 Å². The molecule has 0 aromatic heterocycles. The van der Waals surface area contributed by atoms with Crippen LogP contribution in [-0.4, -0.2) is 81.8 Å². The monoisotopic (exact) mass is 320 g/mol. The average molecular weight is 321 g/mol. The Kier molecular flexibility index (Phi) is 10.5. The molecule has 0 heterocycles. The number of rotatable bonds is 7. The molecule has 1 unspecified atom stereocenters. The second-order valence-electron chi connectivity index (χ2n) is 4.60. The van der Waals surface area contributed by atoms with Crippen molar-refractivity contribution in [2.75, 3.05) is 6.54 Å². The molecule has 0 saturated carbocycles. The first-order chi connectivity index (χ1) is 8.09. The van der Waals surface area contributed by atoms with Crippen LogP contribution in [0.15, 0.2) is 30.3 Å². The van der Waals surface area contributed by atoms with Crippen LogP contribution in [0, 0.1) is 0 Å². The van der Waals surface area contributed by atoms with Crippen LogP contribution in [0.3, 0.4) is 0 Å². The smallest absolute Gasteiger partial charge is 0.303 e. The number of aliphatic carboxylic acids is 1. The van der Waals surface area contributed by atoms with Gasteiger partial charge in [0, 0.05) is 64.2 Å². The Morgan fingerprint density at radius 2 is 1.89 bits per heavy atom. The molecule has 1 atom stereocenters. The van der Waals surface area contributed by atoms with E-state index in [2.05, 4.69) is 19.2 Å². The van der Waals surface area contributed by atoms with Gasteiger partial charge in [-0.3, -0.25) is 4.79 Å². The summed E-state index contributed by atoms with van der Waals surface area (Å²) in [6.07, 6.45) is 1.05. The standard InChI is InChI=1S/C14H21NO2.Rb/c1-11(2)15-9-8-13(10-14(16)17)12-6-4-3-5-7-12;/h3-7,11,13,15H,8-10H2,1-2H3,(H,16,17);. The van der Waals surface area contributed by atoms with Gasteiger partial charge in [0.2, 0.25) is 0 Å². The van der Waals surface area contributed by atoms with Crippen LogP contribution in [0.2, 0.25) is 0 Å². The number of carbonyl (C=O) groups is 1. The van der Waals surface area contributed by atoms with Crippen molar-refractivity contribution in [3.05, 3.63) is 35.9 Å².